The van der Waals surface area contributed by atoms with Crippen molar-refractivity contribution in [1.29, 1.82) is 10.5 Å². The van der Waals surface area contributed by atoms with Crippen molar-refractivity contribution in [3.63, 3.8) is 0 Å². The summed E-state index contributed by atoms with van der Waals surface area (Å²) in [7, 11) is 0. The molecule has 0 aliphatic rings. The van der Waals surface area contributed by atoms with Gasteiger partial charge in [0.15, 0.2) is 11.3 Å². The lowest BCUT2D eigenvalue weighted by molar-refractivity contribution is 0.804. The van der Waals surface area contributed by atoms with Gasteiger partial charge in [-0.3, -0.25) is 19.1 Å². The highest BCUT2D eigenvalue weighted by Gasteiger charge is 2.14. The summed E-state index contributed by atoms with van der Waals surface area (Å²) in [4.78, 5) is 44.0. The number of imidazole rings is 4. The Bertz CT molecular complexity index is 3040. The predicted molar refractivity (Wildman–Crippen MR) is 196 cm³/mol. The quantitative estimate of drug-likeness (QED) is 0.226. The molecule has 0 unspecified atom stereocenters. The largest absolute Gasteiger partial charge is 0.311 e. The molecule has 0 aliphatic heterocycles. The molecular formula is C38H24N16. The van der Waals surface area contributed by atoms with Crippen molar-refractivity contribution in [3.8, 4) is 24.0 Å². The second-order valence-electron chi connectivity index (χ2n) is 12.1. The van der Waals surface area contributed by atoms with E-state index in [0.29, 0.717) is 41.6 Å². The normalized spacial score (nSPS) is 11.1. The van der Waals surface area contributed by atoms with Crippen molar-refractivity contribution < 1.29 is 0 Å². The Morgan fingerprint density at radius 2 is 1.04 bits per heavy atom. The number of rotatable bonds is 6. The lowest BCUT2D eigenvalue weighted by Crippen LogP contribution is -2.04. The number of hydrogen-bond donors (Lipinski definition) is 0. The van der Waals surface area contributed by atoms with E-state index >= 15 is 0 Å². The van der Waals surface area contributed by atoms with Gasteiger partial charge in [-0.2, -0.15) is 20.5 Å². The number of nitrogens with zero attached hydrogens (tertiary/aromatic N) is 16. The van der Waals surface area contributed by atoms with Crippen molar-refractivity contribution in [2.45, 2.75) is 13.1 Å². The number of benzene rings is 2. The van der Waals surface area contributed by atoms with Gasteiger partial charge in [0.1, 0.15) is 23.7 Å². The summed E-state index contributed by atoms with van der Waals surface area (Å²) >= 11 is 0. The molecule has 16 nitrogen and oxygen atoms in total. The fourth-order valence-electron chi connectivity index (χ4n) is 6.01. The van der Waals surface area contributed by atoms with Crippen molar-refractivity contribution in [3.05, 3.63) is 145 Å². The zero-order chi connectivity index (χ0) is 36.4. The van der Waals surface area contributed by atoms with Crippen LogP contribution in [0, 0.1) is 22.7 Å². The van der Waals surface area contributed by atoms with Crippen LogP contribution >= 0.6 is 0 Å². The molecule has 0 saturated heterocycles. The molecule has 0 bridgehead atoms. The van der Waals surface area contributed by atoms with Crippen LogP contribution in [0.15, 0.2) is 123 Å². The van der Waals surface area contributed by atoms with E-state index in [9.17, 15) is 0 Å². The third-order valence-corrected chi connectivity index (χ3v) is 8.63. The van der Waals surface area contributed by atoms with Crippen molar-refractivity contribution in [1.82, 2.24) is 68.1 Å². The van der Waals surface area contributed by atoms with Gasteiger partial charge in [-0.25, -0.2) is 29.9 Å². The summed E-state index contributed by atoms with van der Waals surface area (Å²) < 4.78 is 7.50. The fourth-order valence-corrected chi connectivity index (χ4v) is 6.01. The monoisotopic (exact) mass is 704 g/mol. The smallest absolute Gasteiger partial charge is 0.237 e. The first-order valence-corrected chi connectivity index (χ1v) is 16.5. The van der Waals surface area contributed by atoms with Crippen LogP contribution in [0.25, 0.3) is 56.3 Å². The minimum atomic E-state index is 0.480. The summed E-state index contributed by atoms with van der Waals surface area (Å²) in [6.07, 6.45) is 17.4. The molecule has 256 valence electrons. The molecular weight excluding hydrogens is 681 g/mol. The van der Waals surface area contributed by atoms with Crippen LogP contribution in [0.1, 0.15) is 22.3 Å². The Balaban J connectivity index is 0.000000142. The van der Waals surface area contributed by atoms with Gasteiger partial charge in [0.2, 0.25) is 11.9 Å². The summed E-state index contributed by atoms with van der Waals surface area (Å²) in [5.74, 6) is 0.982. The molecule has 0 aliphatic carbocycles. The zero-order valence-corrected chi connectivity index (χ0v) is 28.1. The Morgan fingerprint density at radius 3 is 1.61 bits per heavy atom. The maximum absolute atomic E-state index is 9.16. The van der Waals surface area contributed by atoms with E-state index in [1.807, 2.05) is 57.9 Å². The van der Waals surface area contributed by atoms with Crippen molar-refractivity contribution in [2.24, 2.45) is 0 Å². The standard InChI is InChI=1S/2C19H12N8/c20-7-13-3-4-17-15(6-13)24-12-27(17)19-22-9-16-18(25-19)26(11-23-16)10-14-2-1-5-21-8-14;20-7-13-3-4-15-17(6-13)27(12-24-15)19-22-9-16-18(25-19)26(11-23-16)10-14-2-1-5-21-8-14/h2*1-6,8-9,11-12H,10H2. The van der Waals surface area contributed by atoms with Crippen LogP contribution in [0.4, 0.5) is 0 Å². The lowest BCUT2D eigenvalue weighted by Gasteiger charge is -2.06. The summed E-state index contributed by atoms with van der Waals surface area (Å²) in [6, 6.07) is 22.8. The van der Waals surface area contributed by atoms with Crippen molar-refractivity contribution >= 4 is 44.4 Å². The molecule has 16 heteroatoms. The topological polar surface area (TPSA) is 196 Å². The van der Waals surface area contributed by atoms with E-state index < -0.39 is 0 Å². The second-order valence-corrected chi connectivity index (χ2v) is 12.1. The average Bonchev–Trinajstić information content (AvgIpc) is 4.03. The third kappa shape index (κ3) is 5.97. The minimum Gasteiger partial charge on any atom is -0.311 e. The molecule has 10 aromatic rings. The molecule has 0 saturated carbocycles. The van der Waals surface area contributed by atoms with Gasteiger partial charge in [-0.1, -0.05) is 12.1 Å². The highest BCUT2D eigenvalue weighted by Crippen LogP contribution is 2.21. The predicted octanol–water partition coefficient (Wildman–Crippen LogP) is 4.96. The van der Waals surface area contributed by atoms with Gasteiger partial charge >= 0.3 is 0 Å². The Kier molecular flexibility index (Phi) is 7.91. The first-order chi connectivity index (χ1) is 26.6. The molecule has 0 N–H and O–H groups in total. The molecule has 54 heavy (non-hydrogen) atoms. The Labute approximate surface area is 305 Å². The molecule has 8 heterocycles. The molecule has 0 amide bonds. The van der Waals surface area contributed by atoms with Crippen LogP contribution < -0.4 is 0 Å². The molecule has 0 fully saturated rings. The lowest BCUT2D eigenvalue weighted by atomic mass is 10.2. The van der Waals surface area contributed by atoms with E-state index in [1.165, 1.54) is 0 Å². The van der Waals surface area contributed by atoms with Gasteiger partial charge in [0.25, 0.3) is 0 Å². The molecule has 2 aromatic carbocycles. The van der Waals surface area contributed by atoms with Gasteiger partial charge in [0, 0.05) is 24.8 Å². The average molecular weight is 705 g/mol. The number of hydrogen-bond acceptors (Lipinski definition) is 12. The SMILES string of the molecule is N#Cc1ccc2c(c1)ncn2-c1ncc2ncn(Cc3cccnc3)c2n1.N#Cc1ccc2ncn(-c3ncc4ncn(Cc5cccnc5)c4n3)c2c1. The molecule has 0 spiro atoms. The van der Waals surface area contributed by atoms with Crippen LogP contribution in [-0.2, 0) is 13.1 Å². The molecule has 0 atom stereocenters. The highest BCUT2D eigenvalue weighted by atomic mass is 15.2. The summed E-state index contributed by atoms with van der Waals surface area (Å²) in [5, 5.41) is 18.2. The highest BCUT2D eigenvalue weighted by molar-refractivity contribution is 5.80. The van der Waals surface area contributed by atoms with Crippen LogP contribution in [0.2, 0.25) is 0 Å². The van der Waals surface area contributed by atoms with Crippen LogP contribution in [0.5, 0.6) is 0 Å². The van der Waals surface area contributed by atoms with Gasteiger partial charge < -0.3 is 9.13 Å². The third-order valence-electron chi connectivity index (χ3n) is 8.63. The van der Waals surface area contributed by atoms with E-state index in [4.69, 9.17) is 15.5 Å². The van der Waals surface area contributed by atoms with E-state index in [1.54, 1.807) is 83.5 Å². The maximum Gasteiger partial charge on any atom is 0.237 e. The Morgan fingerprint density at radius 1 is 0.500 bits per heavy atom. The number of pyridine rings is 2. The minimum absolute atomic E-state index is 0.480. The first-order valence-electron chi connectivity index (χ1n) is 16.5. The van der Waals surface area contributed by atoms with E-state index in [0.717, 1.165) is 50.0 Å². The van der Waals surface area contributed by atoms with Gasteiger partial charge in [-0.15, -0.1) is 0 Å². The molecule has 0 radical (unpaired) electrons. The Hall–Kier alpha value is -8.24. The summed E-state index contributed by atoms with van der Waals surface area (Å²) in [6.45, 7) is 1.24. The van der Waals surface area contributed by atoms with Gasteiger partial charge in [-0.05, 0) is 59.7 Å². The van der Waals surface area contributed by atoms with E-state index in [-0.39, 0.29) is 0 Å². The fraction of sp³-hybridized carbons (Fsp3) is 0.0526. The van der Waals surface area contributed by atoms with E-state index in [2.05, 4.69) is 57.0 Å². The zero-order valence-electron chi connectivity index (χ0n) is 28.1. The van der Waals surface area contributed by atoms with Crippen molar-refractivity contribution in [2.75, 3.05) is 0 Å². The molecule has 10 rings (SSSR count). The van der Waals surface area contributed by atoms with Crippen LogP contribution in [0.3, 0.4) is 0 Å². The number of fused-ring (bicyclic) bond motifs is 4. The first kappa shape index (κ1) is 31.7. The molecule has 8 aromatic heterocycles. The summed E-state index contributed by atoms with van der Waals surface area (Å²) in [5.41, 5.74) is 9.27. The second kappa shape index (κ2) is 13.5. The number of aromatic nitrogens is 14. The van der Waals surface area contributed by atoms with Gasteiger partial charge in [0.05, 0.1) is 83.5 Å². The number of nitriles is 2. The maximum atomic E-state index is 9.16. The van der Waals surface area contributed by atoms with Crippen LogP contribution in [-0.4, -0.2) is 68.1 Å².